The molecule has 4 heteroatoms. The summed E-state index contributed by atoms with van der Waals surface area (Å²) in [5.74, 6) is 1.05. The first-order chi connectivity index (χ1) is 7.65. The van der Waals surface area contributed by atoms with Gasteiger partial charge in [-0.05, 0) is 40.8 Å². The highest BCUT2D eigenvalue weighted by Gasteiger charge is 2.07. The van der Waals surface area contributed by atoms with E-state index in [4.69, 9.17) is 0 Å². The Labute approximate surface area is 97.8 Å². The SMILES string of the molecule is CNCCC=C(C)Cc1ncnn1C(C)C. The van der Waals surface area contributed by atoms with Crippen molar-refractivity contribution in [2.24, 2.45) is 0 Å². The highest BCUT2D eigenvalue weighted by Crippen LogP contribution is 2.10. The van der Waals surface area contributed by atoms with Gasteiger partial charge in [-0.2, -0.15) is 5.10 Å². The average Bonchev–Trinajstić information content (AvgIpc) is 2.66. The number of nitrogens with zero attached hydrogens (tertiary/aromatic N) is 3. The molecule has 1 aromatic heterocycles. The van der Waals surface area contributed by atoms with Crippen molar-refractivity contribution in [1.82, 2.24) is 20.1 Å². The number of rotatable bonds is 6. The van der Waals surface area contributed by atoms with Gasteiger partial charge in [-0.15, -0.1) is 0 Å². The number of aromatic nitrogens is 3. The first-order valence-corrected chi connectivity index (χ1v) is 5.83. The standard InChI is InChI=1S/C12H22N4/c1-10(2)16-12(14-9-15-16)8-11(3)6-5-7-13-4/h6,9-10,13H,5,7-8H2,1-4H3. The smallest absolute Gasteiger partial charge is 0.138 e. The van der Waals surface area contributed by atoms with Gasteiger partial charge >= 0.3 is 0 Å². The summed E-state index contributed by atoms with van der Waals surface area (Å²) >= 11 is 0. The Kier molecular flexibility index (Phi) is 5.19. The van der Waals surface area contributed by atoms with Crippen LogP contribution in [0.15, 0.2) is 18.0 Å². The van der Waals surface area contributed by atoms with Crippen LogP contribution in [0, 0.1) is 0 Å². The van der Waals surface area contributed by atoms with Gasteiger partial charge in [0.2, 0.25) is 0 Å². The van der Waals surface area contributed by atoms with Crippen LogP contribution in [0.5, 0.6) is 0 Å². The number of hydrogen-bond donors (Lipinski definition) is 1. The van der Waals surface area contributed by atoms with E-state index in [-0.39, 0.29) is 0 Å². The number of hydrogen-bond acceptors (Lipinski definition) is 3. The average molecular weight is 222 g/mol. The molecular formula is C12H22N4. The van der Waals surface area contributed by atoms with Crippen LogP contribution in [-0.4, -0.2) is 28.4 Å². The van der Waals surface area contributed by atoms with Crippen LogP contribution >= 0.6 is 0 Å². The molecule has 0 saturated carbocycles. The molecule has 16 heavy (non-hydrogen) atoms. The second-order valence-electron chi connectivity index (χ2n) is 4.33. The Bertz CT molecular complexity index is 339. The lowest BCUT2D eigenvalue weighted by atomic mass is 10.1. The van der Waals surface area contributed by atoms with Crippen molar-refractivity contribution in [3.05, 3.63) is 23.8 Å². The first kappa shape index (κ1) is 12.9. The van der Waals surface area contributed by atoms with Crippen molar-refractivity contribution >= 4 is 0 Å². The summed E-state index contributed by atoms with van der Waals surface area (Å²) in [6.45, 7) is 7.42. The summed E-state index contributed by atoms with van der Waals surface area (Å²) in [6.07, 6.45) is 5.85. The second kappa shape index (κ2) is 6.43. The van der Waals surface area contributed by atoms with Gasteiger partial charge in [0.1, 0.15) is 12.2 Å². The molecule has 0 radical (unpaired) electrons. The molecule has 0 aliphatic rings. The molecule has 0 amide bonds. The highest BCUT2D eigenvalue weighted by atomic mass is 15.3. The van der Waals surface area contributed by atoms with E-state index < -0.39 is 0 Å². The minimum atomic E-state index is 0.377. The van der Waals surface area contributed by atoms with E-state index in [2.05, 4.69) is 42.2 Å². The Morgan fingerprint density at radius 3 is 2.94 bits per heavy atom. The van der Waals surface area contributed by atoms with E-state index in [0.717, 1.165) is 25.2 Å². The monoisotopic (exact) mass is 222 g/mol. The maximum absolute atomic E-state index is 4.30. The van der Waals surface area contributed by atoms with Crippen LogP contribution in [-0.2, 0) is 6.42 Å². The Morgan fingerprint density at radius 1 is 1.56 bits per heavy atom. The fourth-order valence-electron chi connectivity index (χ4n) is 1.62. The topological polar surface area (TPSA) is 42.7 Å². The van der Waals surface area contributed by atoms with E-state index in [1.165, 1.54) is 5.57 Å². The number of nitrogens with one attached hydrogen (secondary N) is 1. The van der Waals surface area contributed by atoms with E-state index >= 15 is 0 Å². The molecule has 0 spiro atoms. The van der Waals surface area contributed by atoms with Crippen molar-refractivity contribution < 1.29 is 0 Å². The molecule has 0 unspecified atom stereocenters. The van der Waals surface area contributed by atoms with Gasteiger partial charge in [0.05, 0.1) is 0 Å². The summed E-state index contributed by atoms with van der Waals surface area (Å²) in [5.41, 5.74) is 1.35. The summed E-state index contributed by atoms with van der Waals surface area (Å²) in [6, 6.07) is 0.377. The molecule has 0 aliphatic carbocycles. The molecule has 0 saturated heterocycles. The summed E-state index contributed by atoms with van der Waals surface area (Å²) in [5, 5.41) is 7.36. The zero-order valence-electron chi connectivity index (χ0n) is 10.7. The normalized spacial score (nSPS) is 12.4. The molecule has 1 aromatic rings. The maximum atomic E-state index is 4.30. The number of allylic oxidation sites excluding steroid dienone is 1. The fraction of sp³-hybridized carbons (Fsp3) is 0.667. The molecule has 1 heterocycles. The van der Waals surface area contributed by atoms with Crippen LogP contribution < -0.4 is 5.32 Å². The van der Waals surface area contributed by atoms with Crippen molar-refractivity contribution in [2.75, 3.05) is 13.6 Å². The summed E-state index contributed by atoms with van der Waals surface area (Å²) in [7, 11) is 1.97. The van der Waals surface area contributed by atoms with E-state index in [1.54, 1.807) is 6.33 Å². The minimum absolute atomic E-state index is 0.377. The summed E-state index contributed by atoms with van der Waals surface area (Å²) in [4.78, 5) is 4.30. The van der Waals surface area contributed by atoms with Crippen LogP contribution in [0.4, 0.5) is 0 Å². The van der Waals surface area contributed by atoms with E-state index in [9.17, 15) is 0 Å². The van der Waals surface area contributed by atoms with Crippen LogP contribution in [0.2, 0.25) is 0 Å². The zero-order chi connectivity index (χ0) is 12.0. The van der Waals surface area contributed by atoms with E-state index in [0.29, 0.717) is 6.04 Å². The molecule has 0 atom stereocenters. The predicted molar refractivity (Wildman–Crippen MR) is 66.4 cm³/mol. The lowest BCUT2D eigenvalue weighted by Gasteiger charge is -2.09. The van der Waals surface area contributed by atoms with Gasteiger partial charge in [0, 0.05) is 12.5 Å². The maximum Gasteiger partial charge on any atom is 0.138 e. The van der Waals surface area contributed by atoms with E-state index in [1.807, 2.05) is 11.7 Å². The fourth-order valence-corrected chi connectivity index (χ4v) is 1.62. The second-order valence-corrected chi connectivity index (χ2v) is 4.33. The van der Waals surface area contributed by atoms with Crippen LogP contribution in [0.1, 0.15) is 39.1 Å². The lowest BCUT2D eigenvalue weighted by molar-refractivity contribution is 0.509. The molecule has 1 rings (SSSR count). The highest BCUT2D eigenvalue weighted by molar-refractivity contribution is 5.07. The van der Waals surface area contributed by atoms with Crippen LogP contribution in [0.3, 0.4) is 0 Å². The molecule has 0 bridgehead atoms. The summed E-state index contributed by atoms with van der Waals surface area (Å²) < 4.78 is 1.98. The van der Waals surface area contributed by atoms with Crippen molar-refractivity contribution in [3.63, 3.8) is 0 Å². The third-order valence-corrected chi connectivity index (χ3v) is 2.46. The van der Waals surface area contributed by atoms with Gasteiger partial charge in [0.15, 0.2) is 0 Å². The first-order valence-electron chi connectivity index (χ1n) is 5.83. The molecule has 4 nitrogen and oxygen atoms in total. The zero-order valence-corrected chi connectivity index (χ0v) is 10.7. The molecular weight excluding hydrogens is 200 g/mol. The van der Waals surface area contributed by atoms with Crippen molar-refractivity contribution in [2.45, 2.75) is 39.7 Å². The largest absolute Gasteiger partial charge is 0.319 e. The third kappa shape index (κ3) is 3.77. The Balaban J connectivity index is 2.58. The molecule has 0 fully saturated rings. The van der Waals surface area contributed by atoms with Crippen molar-refractivity contribution in [3.8, 4) is 0 Å². The quantitative estimate of drug-likeness (QED) is 0.591. The Morgan fingerprint density at radius 2 is 2.31 bits per heavy atom. The van der Waals surface area contributed by atoms with Crippen LogP contribution in [0.25, 0.3) is 0 Å². The van der Waals surface area contributed by atoms with Gasteiger partial charge in [-0.25, -0.2) is 9.67 Å². The van der Waals surface area contributed by atoms with Gasteiger partial charge < -0.3 is 5.32 Å². The molecule has 0 aromatic carbocycles. The van der Waals surface area contributed by atoms with Crippen molar-refractivity contribution in [1.29, 1.82) is 0 Å². The third-order valence-electron chi connectivity index (χ3n) is 2.46. The Hall–Kier alpha value is -1.16. The van der Waals surface area contributed by atoms with Gasteiger partial charge in [-0.1, -0.05) is 11.6 Å². The minimum Gasteiger partial charge on any atom is -0.319 e. The molecule has 0 aliphatic heterocycles. The lowest BCUT2D eigenvalue weighted by Crippen LogP contribution is -2.09. The molecule has 1 N–H and O–H groups in total. The van der Waals surface area contributed by atoms with Gasteiger partial charge in [-0.3, -0.25) is 0 Å². The molecule has 90 valence electrons. The van der Waals surface area contributed by atoms with Gasteiger partial charge in [0.25, 0.3) is 0 Å². The predicted octanol–water partition coefficient (Wildman–Crippen LogP) is 1.96.